The topological polar surface area (TPSA) is 71.1 Å². The first-order valence-corrected chi connectivity index (χ1v) is 8.66. The molecule has 2 aromatic rings. The third-order valence-electron chi connectivity index (χ3n) is 3.73. The molecule has 0 radical (unpaired) electrons. The van der Waals surface area contributed by atoms with Gasteiger partial charge in [-0.3, -0.25) is 9.59 Å². The van der Waals surface area contributed by atoms with Gasteiger partial charge in [-0.05, 0) is 36.2 Å². The van der Waals surface area contributed by atoms with Gasteiger partial charge >= 0.3 is 0 Å². The second kappa shape index (κ2) is 8.83. The van der Waals surface area contributed by atoms with Crippen molar-refractivity contribution in [2.24, 2.45) is 5.92 Å². The largest absolute Gasteiger partial charge is 0.347 e. The molecule has 2 N–H and O–H groups in total. The fourth-order valence-corrected chi connectivity index (χ4v) is 2.39. The Morgan fingerprint density at radius 1 is 1.20 bits per heavy atom. The molecule has 0 aliphatic carbocycles. The van der Waals surface area contributed by atoms with Crippen molar-refractivity contribution in [1.82, 2.24) is 10.3 Å². The molecule has 7 heteroatoms. The third kappa shape index (κ3) is 5.44. The smallest absolute Gasteiger partial charge is 0.271 e. The molecule has 132 valence electrons. The number of pyridine rings is 1. The van der Waals surface area contributed by atoms with Crippen LogP contribution < -0.4 is 10.6 Å². The lowest BCUT2D eigenvalue weighted by Crippen LogP contribution is -2.24. The minimum Gasteiger partial charge on any atom is -0.347 e. The summed E-state index contributed by atoms with van der Waals surface area (Å²) < 4.78 is 0. The van der Waals surface area contributed by atoms with E-state index in [1.54, 1.807) is 6.07 Å². The number of benzene rings is 1. The van der Waals surface area contributed by atoms with Crippen molar-refractivity contribution in [3.63, 3.8) is 0 Å². The summed E-state index contributed by atoms with van der Waals surface area (Å²) in [4.78, 5) is 28.1. The molecule has 5 nitrogen and oxygen atoms in total. The van der Waals surface area contributed by atoms with E-state index in [9.17, 15) is 9.59 Å². The lowest BCUT2D eigenvalue weighted by molar-refractivity contribution is -0.119. The normalized spacial score (nSPS) is 11.7. The first kappa shape index (κ1) is 19.2. The Morgan fingerprint density at radius 2 is 1.96 bits per heavy atom. The second-order valence-electron chi connectivity index (χ2n) is 5.65. The molecule has 0 fully saturated rings. The van der Waals surface area contributed by atoms with Gasteiger partial charge in [-0.25, -0.2) is 4.98 Å². The summed E-state index contributed by atoms with van der Waals surface area (Å²) in [6, 6.07) is 10.3. The Hall–Kier alpha value is -2.11. The Kier molecular flexibility index (Phi) is 6.79. The van der Waals surface area contributed by atoms with E-state index in [-0.39, 0.29) is 34.2 Å². The van der Waals surface area contributed by atoms with Crippen molar-refractivity contribution >= 4 is 40.7 Å². The summed E-state index contributed by atoms with van der Waals surface area (Å²) in [6.07, 6.45) is 0.773. The van der Waals surface area contributed by atoms with E-state index in [1.807, 2.05) is 32.0 Å². The Balaban J connectivity index is 2.01. The van der Waals surface area contributed by atoms with Gasteiger partial charge in [0, 0.05) is 18.2 Å². The average molecular weight is 380 g/mol. The summed E-state index contributed by atoms with van der Waals surface area (Å²) in [5.41, 5.74) is 1.61. The molecule has 2 rings (SSSR count). The summed E-state index contributed by atoms with van der Waals surface area (Å²) in [6.45, 7) is 4.11. The minimum absolute atomic E-state index is 0.0291. The summed E-state index contributed by atoms with van der Waals surface area (Å²) in [7, 11) is 0. The molecule has 0 aliphatic rings. The SMILES string of the molecule is CCC(C)C(=O)Nc1cccc(CNC(=O)c2nc(Cl)ccc2Cl)c1. The van der Waals surface area contributed by atoms with Gasteiger partial charge in [0.25, 0.3) is 5.91 Å². The lowest BCUT2D eigenvalue weighted by Gasteiger charge is -2.11. The van der Waals surface area contributed by atoms with Crippen molar-refractivity contribution < 1.29 is 9.59 Å². The van der Waals surface area contributed by atoms with Gasteiger partial charge in [0.2, 0.25) is 5.91 Å². The molecule has 25 heavy (non-hydrogen) atoms. The average Bonchev–Trinajstić information content (AvgIpc) is 2.61. The van der Waals surface area contributed by atoms with Crippen molar-refractivity contribution in [2.75, 3.05) is 5.32 Å². The highest BCUT2D eigenvalue weighted by Crippen LogP contribution is 2.17. The van der Waals surface area contributed by atoms with E-state index in [0.717, 1.165) is 12.0 Å². The monoisotopic (exact) mass is 379 g/mol. The fourth-order valence-electron chi connectivity index (χ4n) is 2.05. The highest BCUT2D eigenvalue weighted by Gasteiger charge is 2.13. The van der Waals surface area contributed by atoms with Crippen LogP contribution in [0, 0.1) is 5.92 Å². The van der Waals surface area contributed by atoms with Crippen LogP contribution in [0.2, 0.25) is 10.2 Å². The maximum absolute atomic E-state index is 12.2. The Bertz CT molecular complexity index is 781. The number of amides is 2. The summed E-state index contributed by atoms with van der Waals surface area (Å²) in [5.74, 6) is -0.500. The number of rotatable bonds is 6. The molecule has 1 heterocycles. The molecule has 0 saturated carbocycles. The van der Waals surface area contributed by atoms with Crippen LogP contribution in [0.25, 0.3) is 0 Å². The van der Waals surface area contributed by atoms with E-state index in [0.29, 0.717) is 5.69 Å². The van der Waals surface area contributed by atoms with Crippen LogP contribution in [0.3, 0.4) is 0 Å². The first-order valence-electron chi connectivity index (χ1n) is 7.90. The fraction of sp³-hybridized carbons (Fsp3) is 0.278. The Labute approximate surface area is 156 Å². The molecule has 1 aromatic carbocycles. The zero-order valence-electron chi connectivity index (χ0n) is 14.0. The van der Waals surface area contributed by atoms with Gasteiger partial charge in [-0.15, -0.1) is 0 Å². The maximum Gasteiger partial charge on any atom is 0.271 e. The van der Waals surface area contributed by atoms with Crippen molar-refractivity contribution in [1.29, 1.82) is 0 Å². The number of carbonyl (C=O) groups excluding carboxylic acids is 2. The summed E-state index contributed by atoms with van der Waals surface area (Å²) >= 11 is 11.8. The van der Waals surface area contributed by atoms with Crippen LogP contribution in [0.5, 0.6) is 0 Å². The lowest BCUT2D eigenvalue weighted by atomic mass is 10.1. The van der Waals surface area contributed by atoms with E-state index >= 15 is 0 Å². The maximum atomic E-state index is 12.2. The molecular formula is C18H19Cl2N3O2. The molecule has 0 spiro atoms. The van der Waals surface area contributed by atoms with Crippen LogP contribution in [0.4, 0.5) is 5.69 Å². The zero-order valence-corrected chi connectivity index (χ0v) is 15.5. The van der Waals surface area contributed by atoms with Crippen molar-refractivity contribution in [2.45, 2.75) is 26.8 Å². The predicted octanol–water partition coefficient (Wildman–Crippen LogP) is 4.30. The molecule has 0 aliphatic heterocycles. The molecule has 0 saturated heterocycles. The molecule has 2 amide bonds. The number of hydrogen-bond acceptors (Lipinski definition) is 3. The third-order valence-corrected chi connectivity index (χ3v) is 4.25. The van der Waals surface area contributed by atoms with Gasteiger partial charge in [0.05, 0.1) is 5.02 Å². The van der Waals surface area contributed by atoms with Crippen molar-refractivity contribution in [3.8, 4) is 0 Å². The summed E-state index contributed by atoms with van der Waals surface area (Å²) in [5, 5.41) is 6.04. The van der Waals surface area contributed by atoms with Crippen LogP contribution >= 0.6 is 23.2 Å². The molecule has 1 atom stereocenters. The molecule has 1 unspecified atom stereocenters. The van der Waals surface area contributed by atoms with Crippen molar-refractivity contribution in [3.05, 3.63) is 57.8 Å². The van der Waals surface area contributed by atoms with Crippen LogP contribution in [-0.2, 0) is 11.3 Å². The van der Waals surface area contributed by atoms with E-state index in [4.69, 9.17) is 23.2 Å². The number of aromatic nitrogens is 1. The van der Waals surface area contributed by atoms with Gasteiger partial charge in [0.15, 0.2) is 0 Å². The second-order valence-corrected chi connectivity index (χ2v) is 6.44. The first-order chi connectivity index (χ1) is 11.9. The number of hydrogen-bond donors (Lipinski definition) is 2. The minimum atomic E-state index is -0.415. The van der Waals surface area contributed by atoms with Gasteiger partial charge in [-0.2, -0.15) is 0 Å². The van der Waals surface area contributed by atoms with E-state index in [1.165, 1.54) is 12.1 Å². The highest BCUT2D eigenvalue weighted by atomic mass is 35.5. The number of nitrogens with zero attached hydrogens (tertiary/aromatic N) is 1. The molecular weight excluding hydrogens is 361 g/mol. The highest BCUT2D eigenvalue weighted by molar-refractivity contribution is 6.34. The quantitative estimate of drug-likeness (QED) is 0.734. The van der Waals surface area contributed by atoms with E-state index < -0.39 is 5.91 Å². The number of nitrogens with one attached hydrogen (secondary N) is 2. The van der Waals surface area contributed by atoms with Crippen LogP contribution in [0.15, 0.2) is 36.4 Å². The van der Waals surface area contributed by atoms with Gasteiger partial charge in [-0.1, -0.05) is 49.2 Å². The predicted molar refractivity (Wildman–Crippen MR) is 100.0 cm³/mol. The van der Waals surface area contributed by atoms with Gasteiger partial charge < -0.3 is 10.6 Å². The number of carbonyl (C=O) groups is 2. The molecule has 0 bridgehead atoms. The number of anilines is 1. The molecule has 1 aromatic heterocycles. The van der Waals surface area contributed by atoms with Crippen LogP contribution in [0.1, 0.15) is 36.3 Å². The van der Waals surface area contributed by atoms with E-state index in [2.05, 4.69) is 15.6 Å². The van der Waals surface area contributed by atoms with Gasteiger partial charge in [0.1, 0.15) is 10.8 Å². The standard InChI is InChI=1S/C18H19Cl2N3O2/c1-3-11(2)17(24)22-13-6-4-5-12(9-13)10-21-18(25)16-14(19)7-8-15(20)23-16/h4-9,11H,3,10H2,1-2H3,(H,21,25)(H,22,24). The Morgan fingerprint density at radius 3 is 2.68 bits per heavy atom. The zero-order chi connectivity index (χ0) is 18.4. The van der Waals surface area contributed by atoms with Crippen LogP contribution in [-0.4, -0.2) is 16.8 Å². The number of halogens is 2.